The first-order valence-electron chi connectivity index (χ1n) is 6.61. The van der Waals surface area contributed by atoms with Gasteiger partial charge in [-0.05, 0) is 6.07 Å². The summed E-state index contributed by atoms with van der Waals surface area (Å²) >= 11 is 18.3. The second kappa shape index (κ2) is 7.14. The third kappa shape index (κ3) is 3.48. The number of aliphatic imine (C=N–C) groups is 1. The molecule has 1 amide bonds. The van der Waals surface area contributed by atoms with E-state index in [0.717, 1.165) is 11.0 Å². The van der Waals surface area contributed by atoms with Crippen LogP contribution in [0.4, 0.5) is 10.1 Å². The molecule has 1 saturated heterocycles. The average molecular weight is 507 g/mol. The summed E-state index contributed by atoms with van der Waals surface area (Å²) in [4.78, 5) is 17.5. The number of alkyl halides is 4. The molecule has 132 valence electrons. The summed E-state index contributed by atoms with van der Waals surface area (Å²) < 4.78 is 11.5. The van der Waals surface area contributed by atoms with Gasteiger partial charge in [0.15, 0.2) is 23.7 Å². The van der Waals surface area contributed by atoms with E-state index in [1.54, 1.807) is 0 Å². The Morgan fingerprint density at radius 2 is 2.04 bits per heavy atom. The van der Waals surface area contributed by atoms with Gasteiger partial charge in [-0.15, -0.1) is 11.6 Å². The Labute approximate surface area is 164 Å². The van der Waals surface area contributed by atoms with E-state index in [1.807, 2.05) is 0 Å². The number of likely N-dealkylation sites (N-methyl/N-ethyl adjacent to an activating group) is 1. The van der Waals surface area contributed by atoms with E-state index in [4.69, 9.17) is 28.9 Å². The third-order valence-electron chi connectivity index (χ3n) is 3.45. The van der Waals surface area contributed by atoms with Gasteiger partial charge < -0.3 is 10.9 Å². The fourth-order valence-corrected chi connectivity index (χ4v) is 2.78. The van der Waals surface area contributed by atoms with Gasteiger partial charge in [0.2, 0.25) is 0 Å². The van der Waals surface area contributed by atoms with E-state index in [-0.39, 0.29) is 12.4 Å². The number of amidine groups is 1. The van der Waals surface area contributed by atoms with E-state index < -0.39 is 36.4 Å². The molecule has 1 heterocycles. The van der Waals surface area contributed by atoms with Crippen LogP contribution in [0, 0.1) is 11.0 Å². The van der Waals surface area contributed by atoms with Crippen LogP contribution in [-0.2, 0) is 4.79 Å². The van der Waals surface area contributed by atoms with Crippen LogP contribution in [0.2, 0.25) is 0 Å². The molecule has 2 rings (SSSR count). The zero-order valence-electron chi connectivity index (χ0n) is 12.3. The number of rotatable bonds is 4. The highest BCUT2D eigenvalue weighted by Crippen LogP contribution is 2.40. The van der Waals surface area contributed by atoms with E-state index in [9.17, 15) is 14.4 Å². The molecule has 3 atom stereocenters. The fraction of sp³-hybridized carbons (Fsp3) is 0.385. The monoisotopic (exact) mass is 504 g/mol. The fourth-order valence-electron chi connectivity index (χ4n) is 2.16. The minimum Gasteiger partial charge on any atom is -0.619 e. The van der Waals surface area contributed by atoms with Crippen molar-refractivity contribution in [2.45, 2.75) is 14.2 Å². The Kier molecular flexibility index (Phi) is 5.96. The lowest BCUT2D eigenvalue weighted by Gasteiger charge is -2.36. The number of amides is 1. The van der Waals surface area contributed by atoms with Gasteiger partial charge in [0, 0.05) is 13.1 Å². The summed E-state index contributed by atoms with van der Waals surface area (Å²) in [6, 6.07) is 5.39. The molecule has 1 fully saturated rings. The predicted octanol–water partition coefficient (Wildman–Crippen LogP) is 3.03. The normalized spacial score (nSPS) is 26.1. The summed E-state index contributed by atoms with van der Waals surface area (Å²) in [6.07, 6.45) is 0. The largest absolute Gasteiger partial charge is 0.619 e. The van der Waals surface area contributed by atoms with Gasteiger partial charge in [0.1, 0.15) is 8.73 Å². The molecular formula is C13H13Br2Cl2FN4O2. The van der Waals surface area contributed by atoms with Crippen LogP contribution in [0.15, 0.2) is 29.3 Å². The molecule has 1 aliphatic heterocycles. The highest BCUT2D eigenvalue weighted by atomic mass is 79.9. The Morgan fingerprint density at radius 3 is 2.58 bits per heavy atom. The van der Waals surface area contributed by atoms with E-state index in [2.05, 4.69) is 36.9 Å². The number of hydrogen-bond donors (Lipinski definition) is 1. The van der Waals surface area contributed by atoms with Gasteiger partial charge in [0.25, 0.3) is 5.84 Å². The molecular weight excluding hydrogens is 494 g/mol. The zero-order valence-corrected chi connectivity index (χ0v) is 17.0. The first kappa shape index (κ1) is 20.0. The van der Waals surface area contributed by atoms with Crippen molar-refractivity contribution in [3.8, 4) is 0 Å². The lowest BCUT2D eigenvalue weighted by Crippen LogP contribution is -2.49. The Hall–Kier alpha value is -0.290. The molecule has 11 heteroatoms. The minimum atomic E-state index is -1.39. The molecule has 0 bridgehead atoms. The van der Waals surface area contributed by atoms with E-state index in [1.165, 1.54) is 25.2 Å². The molecule has 1 aliphatic rings. The summed E-state index contributed by atoms with van der Waals surface area (Å²) in [5.41, 5.74) is 3.14. The number of nitrogens with two attached hydrogens (primary N) is 1. The van der Waals surface area contributed by atoms with Crippen LogP contribution in [-0.4, -0.2) is 44.6 Å². The maximum Gasteiger partial charge on any atom is 0.333 e. The number of hydrogen-bond acceptors (Lipinski definition) is 4. The Morgan fingerprint density at radius 1 is 1.46 bits per heavy atom. The van der Waals surface area contributed by atoms with Crippen molar-refractivity contribution in [1.29, 1.82) is 0 Å². The van der Waals surface area contributed by atoms with Crippen molar-refractivity contribution in [1.82, 2.24) is 9.55 Å². The highest BCUT2D eigenvalue weighted by Gasteiger charge is 2.48. The Bertz CT molecular complexity index is 692. The molecule has 1 aromatic carbocycles. The molecule has 1 aromatic rings. The number of carbonyl (C=O) groups is 1. The maximum atomic E-state index is 14.1. The van der Waals surface area contributed by atoms with Crippen LogP contribution in [0.1, 0.15) is 0 Å². The van der Waals surface area contributed by atoms with Crippen molar-refractivity contribution in [3.63, 3.8) is 0 Å². The third-order valence-corrected chi connectivity index (χ3v) is 7.15. The van der Waals surface area contributed by atoms with E-state index >= 15 is 0 Å². The number of benzene rings is 1. The second-order valence-corrected chi connectivity index (χ2v) is 9.77. The second-order valence-electron chi connectivity index (χ2n) is 5.20. The molecule has 0 saturated carbocycles. The quantitative estimate of drug-likeness (QED) is 0.295. The van der Waals surface area contributed by atoms with Gasteiger partial charge in [0.05, 0.1) is 0 Å². The van der Waals surface area contributed by atoms with Crippen LogP contribution < -0.4 is 10.4 Å². The van der Waals surface area contributed by atoms with Crippen LogP contribution in [0.25, 0.3) is 0 Å². The van der Waals surface area contributed by atoms with Crippen molar-refractivity contribution in [2.24, 2.45) is 10.7 Å². The molecule has 0 radical (unpaired) electrons. The number of quaternary nitrogens is 1. The highest BCUT2D eigenvalue weighted by molar-refractivity contribution is 9.25. The van der Waals surface area contributed by atoms with Crippen molar-refractivity contribution < 1.29 is 9.18 Å². The number of hydroxylamine groups is 2. The summed E-state index contributed by atoms with van der Waals surface area (Å²) in [5.74, 6) is -1.85. The van der Waals surface area contributed by atoms with Crippen LogP contribution in [0.3, 0.4) is 0 Å². The first-order chi connectivity index (χ1) is 11.0. The summed E-state index contributed by atoms with van der Waals surface area (Å²) in [5, 5.41) is 13.3. The molecule has 3 unspecified atom stereocenters. The maximum absolute atomic E-state index is 14.1. The van der Waals surface area contributed by atoms with Crippen LogP contribution >= 0.6 is 55.1 Å². The molecule has 0 aromatic heterocycles. The standard InChI is InChI=1S/C13H13Br2Cl2FN4O2/c1-21-6-22(24,8-5-3-2-4-7(8)18)9(10(21)23)20-12(17)13(14,15)11(16)19/h2-5,11-12H,6,19H2,1H3. The SMILES string of the molecule is CN1C[N+]([O-])(c2ccccc2F)C(=NC(Cl)C(Br)(Br)C(N)Cl)C1=O. The molecule has 24 heavy (non-hydrogen) atoms. The summed E-state index contributed by atoms with van der Waals surface area (Å²) in [6.45, 7) is -0.327. The number of nitrogens with zero attached hydrogens (tertiary/aromatic N) is 3. The summed E-state index contributed by atoms with van der Waals surface area (Å²) in [7, 11) is 1.42. The van der Waals surface area contributed by atoms with Crippen molar-refractivity contribution >= 4 is 72.5 Å². The van der Waals surface area contributed by atoms with Gasteiger partial charge in [-0.1, -0.05) is 55.6 Å². The average Bonchev–Trinajstić information content (AvgIpc) is 2.71. The topological polar surface area (TPSA) is 81.8 Å². The first-order valence-corrected chi connectivity index (χ1v) is 9.07. The van der Waals surface area contributed by atoms with Crippen molar-refractivity contribution in [2.75, 3.05) is 13.7 Å². The minimum absolute atomic E-state index is 0.234. The smallest absolute Gasteiger partial charge is 0.333 e. The van der Waals surface area contributed by atoms with Gasteiger partial charge in [-0.25, -0.2) is 9.38 Å². The molecule has 2 N–H and O–H groups in total. The molecule has 6 nitrogen and oxygen atoms in total. The lowest BCUT2D eigenvalue weighted by atomic mass is 10.2. The number of para-hydroxylation sites is 1. The van der Waals surface area contributed by atoms with Crippen molar-refractivity contribution in [3.05, 3.63) is 35.3 Å². The van der Waals surface area contributed by atoms with Gasteiger partial charge >= 0.3 is 5.91 Å². The molecule has 0 spiro atoms. The van der Waals surface area contributed by atoms with E-state index in [0.29, 0.717) is 0 Å². The van der Waals surface area contributed by atoms with Crippen LogP contribution in [0.5, 0.6) is 0 Å². The van der Waals surface area contributed by atoms with Gasteiger partial charge in [-0.2, -0.15) is 0 Å². The van der Waals surface area contributed by atoms with Gasteiger partial charge in [-0.3, -0.25) is 14.3 Å². The molecule has 0 aliphatic carbocycles. The number of carbonyl (C=O) groups excluding carboxylic acids is 1. The Balaban J connectivity index is 2.55. The number of halogens is 5. The zero-order chi connectivity index (χ0) is 18.3. The predicted molar refractivity (Wildman–Crippen MR) is 101 cm³/mol. The lowest BCUT2D eigenvalue weighted by molar-refractivity contribution is -0.121.